The quantitative estimate of drug-likeness (QED) is 0.529. The van der Waals surface area contributed by atoms with Crippen molar-refractivity contribution in [2.24, 2.45) is 5.92 Å². The molecule has 2 aromatic carbocycles. The minimum atomic E-state index is -0.422. The summed E-state index contributed by atoms with van der Waals surface area (Å²) in [6, 6.07) is 18.5. The van der Waals surface area contributed by atoms with Crippen molar-refractivity contribution in [3.63, 3.8) is 0 Å². The van der Waals surface area contributed by atoms with Crippen molar-refractivity contribution in [3.8, 4) is 0 Å². The number of piperidine rings is 1. The molecule has 1 unspecified atom stereocenters. The zero-order valence-electron chi connectivity index (χ0n) is 22.1. The van der Waals surface area contributed by atoms with Crippen molar-refractivity contribution in [2.45, 2.75) is 77.4 Å². The van der Waals surface area contributed by atoms with Crippen LogP contribution in [0.2, 0.25) is 0 Å². The molecule has 1 N–H and O–H groups in total. The molecule has 0 spiro atoms. The van der Waals surface area contributed by atoms with Gasteiger partial charge in [-0.2, -0.15) is 0 Å². The largest absolute Gasteiger partial charge is 0.345 e. The average molecular weight is 490 g/mol. The van der Waals surface area contributed by atoms with E-state index in [2.05, 4.69) is 77.5 Å². The highest BCUT2D eigenvalue weighted by molar-refractivity contribution is 5.92. The van der Waals surface area contributed by atoms with E-state index in [1.54, 1.807) is 0 Å². The number of rotatable bonds is 10. The van der Waals surface area contributed by atoms with E-state index in [9.17, 15) is 9.59 Å². The first-order valence-electron chi connectivity index (χ1n) is 13.9. The van der Waals surface area contributed by atoms with Gasteiger partial charge in [0.25, 0.3) is 0 Å². The van der Waals surface area contributed by atoms with Crippen molar-refractivity contribution in [1.29, 1.82) is 0 Å². The zero-order valence-corrected chi connectivity index (χ0v) is 22.1. The third-order valence-corrected chi connectivity index (χ3v) is 7.67. The topological polar surface area (TPSA) is 52.7 Å². The van der Waals surface area contributed by atoms with Crippen LogP contribution >= 0.6 is 0 Å². The molecule has 2 aliphatic heterocycles. The van der Waals surface area contributed by atoms with Gasteiger partial charge in [-0.15, -0.1) is 0 Å². The molecular formula is C31H43N3O2. The molecule has 1 fully saturated rings. The van der Waals surface area contributed by atoms with Gasteiger partial charge in [0.1, 0.15) is 0 Å². The number of carbonyl (C=O) groups is 2. The molecule has 1 saturated heterocycles. The summed E-state index contributed by atoms with van der Waals surface area (Å²) in [5.74, 6) is 0.510. The van der Waals surface area contributed by atoms with E-state index in [0.29, 0.717) is 18.9 Å². The lowest BCUT2D eigenvalue weighted by Crippen LogP contribution is -2.54. The number of nitrogens with zero attached hydrogens (tertiary/aromatic N) is 2. The standard InChI is InChI=1S/C31H43N3O2/c1-24(2)21-28(30(35)23-33-18-10-15-26-13-6-7-14-27(26)22-33)32-31(36)29-16-8-9-19-34(29)20-17-25-11-4-3-5-12-25/h3-7,11-14,24,28-29H,8-10,15-23H2,1-2H3,(H,32,36)/t28?,29-/m0/s1. The summed E-state index contributed by atoms with van der Waals surface area (Å²) in [4.78, 5) is 31.6. The van der Waals surface area contributed by atoms with Crippen LogP contribution in [0.3, 0.4) is 0 Å². The summed E-state index contributed by atoms with van der Waals surface area (Å²) in [6.45, 7) is 8.19. The normalized spacial score (nSPS) is 19.9. The van der Waals surface area contributed by atoms with Gasteiger partial charge in [-0.05, 0) is 74.2 Å². The molecule has 36 heavy (non-hydrogen) atoms. The second kappa shape index (κ2) is 13.2. The molecule has 5 heteroatoms. The second-order valence-electron chi connectivity index (χ2n) is 11.0. The van der Waals surface area contributed by atoms with Crippen molar-refractivity contribution >= 4 is 11.7 Å². The van der Waals surface area contributed by atoms with E-state index in [4.69, 9.17) is 0 Å². The predicted octanol–water partition coefficient (Wildman–Crippen LogP) is 4.63. The number of amides is 1. The molecule has 0 aromatic heterocycles. The zero-order chi connectivity index (χ0) is 25.3. The molecule has 2 aliphatic rings. The number of likely N-dealkylation sites (tertiary alicyclic amines) is 1. The smallest absolute Gasteiger partial charge is 0.237 e. The van der Waals surface area contributed by atoms with Gasteiger partial charge in [0.2, 0.25) is 5.91 Å². The first kappa shape index (κ1) is 26.6. The predicted molar refractivity (Wildman–Crippen MR) is 146 cm³/mol. The molecule has 2 aromatic rings. The molecule has 2 heterocycles. The maximum absolute atomic E-state index is 13.5. The van der Waals surface area contributed by atoms with Gasteiger partial charge in [0, 0.05) is 13.1 Å². The van der Waals surface area contributed by atoms with Crippen LogP contribution in [-0.2, 0) is 29.0 Å². The molecular weight excluding hydrogens is 446 g/mol. The molecule has 5 nitrogen and oxygen atoms in total. The Morgan fingerprint density at radius 2 is 1.69 bits per heavy atom. The molecule has 0 saturated carbocycles. The Morgan fingerprint density at radius 3 is 2.47 bits per heavy atom. The highest BCUT2D eigenvalue weighted by Gasteiger charge is 2.32. The lowest BCUT2D eigenvalue weighted by Gasteiger charge is -2.36. The summed E-state index contributed by atoms with van der Waals surface area (Å²) < 4.78 is 0. The Kier molecular flexibility index (Phi) is 9.71. The Labute approximate surface area is 217 Å². The van der Waals surface area contributed by atoms with E-state index in [1.165, 1.54) is 16.7 Å². The van der Waals surface area contributed by atoms with Gasteiger partial charge >= 0.3 is 0 Å². The number of hydrogen-bond acceptors (Lipinski definition) is 4. The second-order valence-corrected chi connectivity index (χ2v) is 11.0. The van der Waals surface area contributed by atoms with Crippen LogP contribution in [0.4, 0.5) is 0 Å². The molecule has 4 rings (SSSR count). The third-order valence-electron chi connectivity index (χ3n) is 7.67. The molecule has 1 amide bonds. The molecule has 0 bridgehead atoms. The number of benzene rings is 2. The Bertz CT molecular complexity index is 990. The van der Waals surface area contributed by atoms with Crippen molar-refractivity contribution < 1.29 is 9.59 Å². The average Bonchev–Trinajstić information content (AvgIpc) is 3.09. The Morgan fingerprint density at radius 1 is 0.944 bits per heavy atom. The van der Waals surface area contributed by atoms with Gasteiger partial charge in [0.05, 0.1) is 18.6 Å². The highest BCUT2D eigenvalue weighted by atomic mass is 16.2. The van der Waals surface area contributed by atoms with Gasteiger partial charge in [0.15, 0.2) is 5.78 Å². The lowest BCUT2D eigenvalue weighted by molar-refractivity contribution is -0.132. The van der Waals surface area contributed by atoms with Crippen LogP contribution in [0.5, 0.6) is 0 Å². The summed E-state index contributed by atoms with van der Waals surface area (Å²) >= 11 is 0. The van der Waals surface area contributed by atoms with Gasteiger partial charge in [-0.25, -0.2) is 0 Å². The first-order chi connectivity index (χ1) is 17.5. The molecule has 194 valence electrons. The van der Waals surface area contributed by atoms with Gasteiger partial charge < -0.3 is 5.32 Å². The van der Waals surface area contributed by atoms with Crippen LogP contribution in [0.15, 0.2) is 54.6 Å². The number of Topliss-reactive ketones (excluding diaryl/α,β-unsaturated/α-hetero) is 1. The van der Waals surface area contributed by atoms with E-state index in [-0.39, 0.29) is 17.7 Å². The van der Waals surface area contributed by atoms with E-state index in [1.807, 2.05) is 6.07 Å². The fraction of sp³-hybridized carbons (Fsp3) is 0.548. The molecule has 2 atom stereocenters. The monoisotopic (exact) mass is 489 g/mol. The van der Waals surface area contributed by atoms with Crippen LogP contribution in [0.1, 0.15) is 62.6 Å². The minimum absolute atomic E-state index is 0.0305. The first-order valence-corrected chi connectivity index (χ1v) is 13.9. The van der Waals surface area contributed by atoms with Crippen LogP contribution in [0.25, 0.3) is 0 Å². The van der Waals surface area contributed by atoms with Crippen molar-refractivity contribution in [1.82, 2.24) is 15.1 Å². The minimum Gasteiger partial charge on any atom is -0.345 e. The van der Waals surface area contributed by atoms with Crippen LogP contribution in [-0.4, -0.2) is 59.8 Å². The number of nitrogens with one attached hydrogen (secondary N) is 1. The molecule has 0 radical (unpaired) electrons. The summed E-state index contributed by atoms with van der Waals surface area (Å²) in [5.41, 5.74) is 4.02. The fourth-order valence-electron chi connectivity index (χ4n) is 5.72. The summed E-state index contributed by atoms with van der Waals surface area (Å²) in [6.07, 6.45) is 6.81. The number of ketones is 1. The van der Waals surface area contributed by atoms with Crippen LogP contribution < -0.4 is 5.32 Å². The SMILES string of the molecule is CC(C)CC(NC(=O)[C@@H]1CCCCN1CCc1ccccc1)C(=O)CN1CCCc2ccccc2C1. The van der Waals surface area contributed by atoms with E-state index < -0.39 is 6.04 Å². The maximum Gasteiger partial charge on any atom is 0.237 e. The summed E-state index contributed by atoms with van der Waals surface area (Å²) in [5, 5.41) is 3.21. The van der Waals surface area contributed by atoms with E-state index >= 15 is 0 Å². The Balaban J connectivity index is 1.38. The van der Waals surface area contributed by atoms with Gasteiger partial charge in [-0.3, -0.25) is 19.4 Å². The number of fused-ring (bicyclic) bond motifs is 1. The molecule has 0 aliphatic carbocycles. The fourth-order valence-corrected chi connectivity index (χ4v) is 5.72. The maximum atomic E-state index is 13.5. The third kappa shape index (κ3) is 7.50. The van der Waals surface area contributed by atoms with E-state index in [0.717, 1.165) is 64.7 Å². The highest BCUT2D eigenvalue weighted by Crippen LogP contribution is 2.21. The van der Waals surface area contributed by atoms with Gasteiger partial charge in [-0.1, -0.05) is 74.9 Å². The number of aryl methyl sites for hydroxylation is 1. The number of carbonyl (C=O) groups excluding carboxylic acids is 2. The Hall–Kier alpha value is -2.50. The van der Waals surface area contributed by atoms with Crippen molar-refractivity contribution in [3.05, 3.63) is 71.3 Å². The van der Waals surface area contributed by atoms with Crippen molar-refractivity contribution in [2.75, 3.05) is 26.2 Å². The number of hydrogen-bond donors (Lipinski definition) is 1. The lowest BCUT2D eigenvalue weighted by atomic mass is 9.97. The summed E-state index contributed by atoms with van der Waals surface area (Å²) in [7, 11) is 0. The van der Waals surface area contributed by atoms with Crippen LogP contribution in [0, 0.1) is 5.92 Å².